The first-order chi connectivity index (χ1) is 8.02. The van der Waals surface area contributed by atoms with Crippen LogP contribution in [-0.2, 0) is 6.42 Å². The number of halogens is 2. The molecule has 0 N–H and O–H groups in total. The number of nitro groups is 1. The third-order valence-electron chi connectivity index (χ3n) is 1.94. The summed E-state index contributed by atoms with van der Waals surface area (Å²) in [6.45, 7) is 0. The van der Waals surface area contributed by atoms with E-state index < -0.39 is 34.6 Å². The zero-order valence-electron chi connectivity index (χ0n) is 8.22. The van der Waals surface area contributed by atoms with Crippen LogP contribution in [0.15, 0.2) is 6.20 Å². The van der Waals surface area contributed by atoms with E-state index in [1.165, 1.54) is 6.07 Å². The number of rotatable bonds is 3. The molecule has 0 aromatic carbocycles. The summed E-state index contributed by atoms with van der Waals surface area (Å²) in [5.74, 6) is 0. The van der Waals surface area contributed by atoms with E-state index in [-0.39, 0.29) is 5.69 Å². The van der Waals surface area contributed by atoms with Crippen molar-refractivity contribution in [3.8, 4) is 12.1 Å². The van der Waals surface area contributed by atoms with Gasteiger partial charge in [0.25, 0.3) is 12.1 Å². The van der Waals surface area contributed by atoms with Crippen molar-refractivity contribution in [1.82, 2.24) is 4.98 Å². The highest BCUT2D eigenvalue weighted by Crippen LogP contribution is 2.33. The summed E-state index contributed by atoms with van der Waals surface area (Å²) in [6.07, 6.45) is -2.83. The van der Waals surface area contributed by atoms with Crippen molar-refractivity contribution < 1.29 is 13.7 Å². The first-order valence-electron chi connectivity index (χ1n) is 4.24. The molecule has 86 valence electrons. The molecule has 0 amide bonds. The molecule has 1 aromatic rings. The SMILES string of the molecule is N#CCc1ncc(C#N)c([N+](=O)[O-])c1C(F)F. The summed E-state index contributed by atoms with van der Waals surface area (Å²) in [5.41, 5.74) is -2.88. The maximum atomic E-state index is 12.7. The quantitative estimate of drug-likeness (QED) is 0.590. The summed E-state index contributed by atoms with van der Waals surface area (Å²) in [4.78, 5) is 13.1. The normalized spacial score (nSPS) is 9.71. The highest BCUT2D eigenvalue weighted by Gasteiger charge is 2.30. The van der Waals surface area contributed by atoms with Gasteiger partial charge in [0.15, 0.2) is 0 Å². The molecule has 8 heteroatoms. The van der Waals surface area contributed by atoms with Crippen molar-refractivity contribution in [1.29, 1.82) is 10.5 Å². The molecule has 0 spiro atoms. The van der Waals surface area contributed by atoms with Crippen LogP contribution in [-0.4, -0.2) is 9.91 Å². The van der Waals surface area contributed by atoms with E-state index in [9.17, 15) is 18.9 Å². The fourth-order valence-corrected chi connectivity index (χ4v) is 1.28. The molecule has 6 nitrogen and oxygen atoms in total. The van der Waals surface area contributed by atoms with E-state index in [1.807, 2.05) is 0 Å². The first kappa shape index (κ1) is 12.5. The van der Waals surface area contributed by atoms with Gasteiger partial charge in [-0.1, -0.05) is 0 Å². The van der Waals surface area contributed by atoms with Crippen LogP contribution in [0.5, 0.6) is 0 Å². The molecule has 0 fully saturated rings. The predicted octanol–water partition coefficient (Wildman–Crippen LogP) is 1.87. The van der Waals surface area contributed by atoms with Crippen molar-refractivity contribution in [2.45, 2.75) is 12.8 Å². The highest BCUT2D eigenvalue weighted by atomic mass is 19.3. The number of nitriles is 2. The van der Waals surface area contributed by atoms with Gasteiger partial charge >= 0.3 is 0 Å². The molecule has 1 rings (SSSR count). The standard InChI is InChI=1S/C9H4F2N4O2/c10-9(11)7-6(1-2-12)14-4-5(3-13)8(7)15(16)17/h4,9H,1H2. The largest absolute Gasteiger partial charge is 0.299 e. The zero-order chi connectivity index (χ0) is 13.0. The van der Waals surface area contributed by atoms with E-state index in [1.54, 1.807) is 6.07 Å². The van der Waals surface area contributed by atoms with Crippen LogP contribution >= 0.6 is 0 Å². The van der Waals surface area contributed by atoms with Gasteiger partial charge in [-0.05, 0) is 0 Å². The number of hydrogen-bond acceptors (Lipinski definition) is 5. The van der Waals surface area contributed by atoms with E-state index in [0.717, 1.165) is 6.20 Å². The highest BCUT2D eigenvalue weighted by molar-refractivity contribution is 5.55. The molecule has 0 atom stereocenters. The van der Waals surface area contributed by atoms with E-state index in [2.05, 4.69) is 4.98 Å². The minimum absolute atomic E-state index is 0.381. The number of pyridine rings is 1. The average Bonchev–Trinajstić information content (AvgIpc) is 2.28. The Hall–Kier alpha value is -2.61. The van der Waals surface area contributed by atoms with Crippen molar-refractivity contribution >= 4 is 5.69 Å². The van der Waals surface area contributed by atoms with Crippen molar-refractivity contribution in [3.05, 3.63) is 33.1 Å². The van der Waals surface area contributed by atoms with Crippen molar-refractivity contribution in [3.63, 3.8) is 0 Å². The Labute approximate surface area is 93.9 Å². The maximum Gasteiger partial charge on any atom is 0.299 e. The second kappa shape index (κ2) is 4.94. The molecule has 0 unspecified atom stereocenters. The van der Waals surface area contributed by atoms with Gasteiger partial charge in [0, 0.05) is 0 Å². The molecule has 0 aliphatic carbocycles. The van der Waals surface area contributed by atoms with Gasteiger partial charge in [-0.2, -0.15) is 10.5 Å². The Morgan fingerprint density at radius 1 is 1.53 bits per heavy atom. The van der Waals surface area contributed by atoms with Crippen LogP contribution in [0, 0.1) is 32.8 Å². The van der Waals surface area contributed by atoms with Crippen LogP contribution in [0.4, 0.5) is 14.5 Å². The topological polar surface area (TPSA) is 104 Å². The molecule has 0 saturated heterocycles. The maximum absolute atomic E-state index is 12.7. The van der Waals surface area contributed by atoms with Gasteiger partial charge in [-0.15, -0.1) is 0 Å². The molecule has 1 heterocycles. The lowest BCUT2D eigenvalue weighted by atomic mass is 10.1. The first-order valence-corrected chi connectivity index (χ1v) is 4.24. The molecule has 0 saturated carbocycles. The minimum Gasteiger partial charge on any atom is -0.258 e. The molecular weight excluding hydrogens is 234 g/mol. The molecule has 0 bridgehead atoms. The van der Waals surface area contributed by atoms with Gasteiger partial charge in [-0.3, -0.25) is 15.1 Å². The van der Waals surface area contributed by atoms with Gasteiger partial charge in [0.05, 0.1) is 29.3 Å². The number of aromatic nitrogens is 1. The summed E-state index contributed by atoms with van der Waals surface area (Å²) >= 11 is 0. The Balaban J connectivity index is 3.62. The second-order valence-corrected chi connectivity index (χ2v) is 2.89. The minimum atomic E-state index is -3.17. The molecule has 0 radical (unpaired) electrons. The smallest absolute Gasteiger partial charge is 0.258 e. The van der Waals surface area contributed by atoms with Crippen molar-refractivity contribution in [2.75, 3.05) is 0 Å². The van der Waals surface area contributed by atoms with Crippen molar-refractivity contribution in [2.24, 2.45) is 0 Å². The van der Waals surface area contributed by atoms with E-state index in [4.69, 9.17) is 10.5 Å². The molecular formula is C9H4F2N4O2. The van der Waals surface area contributed by atoms with Crippen LogP contribution in [0.3, 0.4) is 0 Å². The monoisotopic (exact) mass is 238 g/mol. The lowest BCUT2D eigenvalue weighted by molar-refractivity contribution is -0.386. The van der Waals surface area contributed by atoms with E-state index >= 15 is 0 Å². The number of nitrogens with zero attached hydrogens (tertiary/aromatic N) is 4. The van der Waals surface area contributed by atoms with Crippen LogP contribution in [0.25, 0.3) is 0 Å². The Bertz CT molecular complexity index is 545. The van der Waals surface area contributed by atoms with Gasteiger partial charge in [-0.25, -0.2) is 8.78 Å². The third-order valence-corrected chi connectivity index (χ3v) is 1.94. The summed E-state index contributed by atoms with van der Waals surface area (Å²) < 4.78 is 25.4. The van der Waals surface area contributed by atoms with Gasteiger partial charge < -0.3 is 0 Å². The Morgan fingerprint density at radius 2 is 2.18 bits per heavy atom. The van der Waals surface area contributed by atoms with Gasteiger partial charge in [0.2, 0.25) is 0 Å². The van der Waals surface area contributed by atoms with Crippen LogP contribution in [0.2, 0.25) is 0 Å². The molecule has 0 aliphatic heterocycles. The molecule has 17 heavy (non-hydrogen) atoms. The zero-order valence-corrected chi connectivity index (χ0v) is 8.22. The summed E-state index contributed by atoms with van der Waals surface area (Å²) in [7, 11) is 0. The molecule has 0 aliphatic rings. The average molecular weight is 238 g/mol. The Kier molecular flexibility index (Phi) is 3.62. The third kappa shape index (κ3) is 2.32. The van der Waals surface area contributed by atoms with Crippen LogP contribution < -0.4 is 0 Å². The number of hydrogen-bond donors (Lipinski definition) is 0. The fraction of sp³-hybridized carbons (Fsp3) is 0.222. The van der Waals surface area contributed by atoms with Gasteiger partial charge in [0.1, 0.15) is 17.2 Å². The lowest BCUT2D eigenvalue weighted by Gasteiger charge is -2.06. The van der Waals surface area contributed by atoms with E-state index in [0.29, 0.717) is 0 Å². The lowest BCUT2D eigenvalue weighted by Crippen LogP contribution is -2.06. The number of alkyl halides is 2. The second-order valence-electron chi connectivity index (χ2n) is 2.89. The summed E-state index contributed by atoms with van der Waals surface area (Å²) in [6, 6.07) is 3.00. The Morgan fingerprint density at radius 3 is 2.59 bits per heavy atom. The summed E-state index contributed by atoms with van der Waals surface area (Å²) in [5, 5.41) is 27.7. The predicted molar refractivity (Wildman–Crippen MR) is 49.9 cm³/mol. The van der Waals surface area contributed by atoms with Crippen LogP contribution in [0.1, 0.15) is 23.2 Å². The molecule has 1 aromatic heterocycles. The fourth-order valence-electron chi connectivity index (χ4n) is 1.28.